The number of nitrogens with zero attached hydrogens (tertiary/aromatic N) is 2. The summed E-state index contributed by atoms with van der Waals surface area (Å²) in [5.41, 5.74) is 5.97. The highest BCUT2D eigenvalue weighted by molar-refractivity contribution is 8.00. The molecule has 3 aromatic rings. The first kappa shape index (κ1) is 16.8. The summed E-state index contributed by atoms with van der Waals surface area (Å²) in [6.45, 7) is 1.73. The van der Waals surface area contributed by atoms with Gasteiger partial charge in [0, 0.05) is 12.1 Å². The van der Waals surface area contributed by atoms with Crippen molar-refractivity contribution in [3.8, 4) is 0 Å². The molecule has 8 nitrogen and oxygen atoms in total. The number of aromatic nitrogens is 3. The van der Waals surface area contributed by atoms with Crippen LogP contribution in [0.2, 0.25) is 0 Å². The number of carbonyl (C=O) groups excluding carboxylic acids is 1. The predicted octanol–water partition coefficient (Wildman–Crippen LogP) is 2.12. The summed E-state index contributed by atoms with van der Waals surface area (Å²) < 4.78 is 4.95. The third kappa shape index (κ3) is 4.27. The van der Waals surface area contributed by atoms with Crippen molar-refractivity contribution in [1.82, 2.24) is 15.1 Å². The van der Waals surface area contributed by atoms with Crippen LogP contribution in [0.5, 0.6) is 0 Å². The van der Waals surface area contributed by atoms with Gasteiger partial charge in [-0.2, -0.15) is 0 Å². The second kappa shape index (κ2) is 7.22. The standard InChI is InChI=1S/C16H15N5O3S/c1-9-7-12(21-24-9)19-15(23)14(10-5-3-2-4-6-10)25-16-18-11(17)8-13(22)20-16/h2-8,14H,1H3,(H,19,21,23)(H3,17,18,20,22)/t14-/m1/s1. The molecule has 1 atom stereocenters. The number of hydrogen-bond acceptors (Lipinski definition) is 7. The maximum atomic E-state index is 12.7. The molecule has 0 saturated heterocycles. The SMILES string of the molecule is Cc1cc(NC(=O)[C@H](Sc2nc(N)cc(=O)[nH]2)c2ccccc2)no1. The van der Waals surface area contributed by atoms with Gasteiger partial charge in [-0.3, -0.25) is 9.59 Å². The topological polar surface area (TPSA) is 127 Å². The van der Waals surface area contributed by atoms with Crippen molar-refractivity contribution < 1.29 is 9.32 Å². The number of carbonyl (C=O) groups is 1. The molecule has 2 heterocycles. The van der Waals surface area contributed by atoms with Crippen LogP contribution >= 0.6 is 11.8 Å². The minimum Gasteiger partial charge on any atom is -0.383 e. The highest BCUT2D eigenvalue weighted by Crippen LogP contribution is 2.34. The van der Waals surface area contributed by atoms with Gasteiger partial charge in [-0.15, -0.1) is 0 Å². The maximum Gasteiger partial charge on any atom is 0.253 e. The Morgan fingerprint density at radius 2 is 2.08 bits per heavy atom. The number of nitrogens with one attached hydrogen (secondary N) is 2. The number of rotatable bonds is 5. The van der Waals surface area contributed by atoms with Gasteiger partial charge in [-0.25, -0.2) is 4.98 Å². The average Bonchev–Trinajstić information content (AvgIpc) is 2.97. The second-order valence-electron chi connectivity index (χ2n) is 5.20. The van der Waals surface area contributed by atoms with E-state index in [1.54, 1.807) is 13.0 Å². The third-order valence-electron chi connectivity index (χ3n) is 3.19. The van der Waals surface area contributed by atoms with Crippen LogP contribution in [0.15, 0.2) is 56.9 Å². The number of anilines is 2. The number of nitrogens with two attached hydrogens (primary N) is 1. The fraction of sp³-hybridized carbons (Fsp3) is 0.125. The van der Waals surface area contributed by atoms with Crippen LogP contribution in [0.4, 0.5) is 11.6 Å². The Labute approximate surface area is 146 Å². The summed E-state index contributed by atoms with van der Waals surface area (Å²) in [6.07, 6.45) is 0. The van der Waals surface area contributed by atoms with Crippen molar-refractivity contribution in [3.05, 3.63) is 64.1 Å². The number of aryl methyl sites for hydroxylation is 1. The van der Waals surface area contributed by atoms with Gasteiger partial charge in [0.25, 0.3) is 5.56 Å². The van der Waals surface area contributed by atoms with Crippen LogP contribution in [0.3, 0.4) is 0 Å². The van der Waals surface area contributed by atoms with Gasteiger partial charge in [-0.1, -0.05) is 47.3 Å². The van der Waals surface area contributed by atoms with E-state index < -0.39 is 5.25 Å². The van der Waals surface area contributed by atoms with Gasteiger partial charge in [0.05, 0.1) is 0 Å². The summed E-state index contributed by atoms with van der Waals surface area (Å²) in [7, 11) is 0. The molecule has 0 aliphatic heterocycles. The molecular formula is C16H15N5O3S. The van der Waals surface area contributed by atoms with Crippen LogP contribution < -0.4 is 16.6 Å². The van der Waals surface area contributed by atoms with Crippen LogP contribution in [-0.2, 0) is 4.79 Å². The smallest absolute Gasteiger partial charge is 0.253 e. The number of thioether (sulfide) groups is 1. The molecule has 0 saturated carbocycles. The molecule has 0 bridgehead atoms. The van der Waals surface area contributed by atoms with Crippen molar-refractivity contribution in [1.29, 1.82) is 0 Å². The monoisotopic (exact) mass is 357 g/mol. The molecule has 1 amide bonds. The van der Waals surface area contributed by atoms with E-state index in [9.17, 15) is 9.59 Å². The molecule has 3 rings (SSSR count). The lowest BCUT2D eigenvalue weighted by Crippen LogP contribution is -2.20. The van der Waals surface area contributed by atoms with Crippen molar-refractivity contribution in [2.75, 3.05) is 11.1 Å². The number of amides is 1. The molecule has 1 aromatic carbocycles. The summed E-state index contributed by atoms with van der Waals surface area (Å²) in [5, 5.41) is 6.04. The first-order valence-electron chi connectivity index (χ1n) is 7.34. The van der Waals surface area contributed by atoms with E-state index in [-0.39, 0.29) is 22.4 Å². The molecule has 9 heteroatoms. The van der Waals surface area contributed by atoms with Crippen molar-refractivity contribution >= 4 is 29.3 Å². The van der Waals surface area contributed by atoms with E-state index in [2.05, 4.69) is 20.4 Å². The van der Waals surface area contributed by atoms with Crippen molar-refractivity contribution in [2.45, 2.75) is 17.3 Å². The lowest BCUT2D eigenvalue weighted by Gasteiger charge is -2.15. The van der Waals surface area contributed by atoms with Crippen LogP contribution in [-0.4, -0.2) is 21.0 Å². The Kier molecular flexibility index (Phi) is 4.85. The first-order chi connectivity index (χ1) is 12.0. The van der Waals surface area contributed by atoms with Gasteiger partial charge in [0.1, 0.15) is 16.8 Å². The van der Waals surface area contributed by atoms with E-state index in [1.165, 1.54) is 6.07 Å². The van der Waals surface area contributed by atoms with Crippen LogP contribution in [0.1, 0.15) is 16.6 Å². The Hall–Kier alpha value is -3.07. The minimum atomic E-state index is -0.664. The van der Waals surface area contributed by atoms with E-state index in [4.69, 9.17) is 10.3 Å². The molecule has 0 aliphatic carbocycles. The Morgan fingerprint density at radius 3 is 2.72 bits per heavy atom. The van der Waals surface area contributed by atoms with E-state index in [0.717, 1.165) is 17.3 Å². The maximum absolute atomic E-state index is 12.7. The summed E-state index contributed by atoms with van der Waals surface area (Å²) in [4.78, 5) is 31.0. The minimum absolute atomic E-state index is 0.0885. The number of aromatic amines is 1. The molecule has 0 aliphatic rings. The van der Waals surface area contributed by atoms with Gasteiger partial charge in [-0.05, 0) is 12.5 Å². The van der Waals surface area contributed by atoms with Gasteiger partial charge >= 0.3 is 0 Å². The van der Waals surface area contributed by atoms with E-state index >= 15 is 0 Å². The molecule has 2 aromatic heterocycles. The summed E-state index contributed by atoms with van der Waals surface area (Å²) >= 11 is 1.09. The lowest BCUT2D eigenvalue weighted by atomic mass is 10.1. The van der Waals surface area contributed by atoms with Gasteiger partial charge in [0.15, 0.2) is 11.0 Å². The zero-order valence-electron chi connectivity index (χ0n) is 13.2. The van der Waals surface area contributed by atoms with Gasteiger partial charge in [0.2, 0.25) is 5.91 Å². The first-order valence-corrected chi connectivity index (χ1v) is 8.22. The quantitative estimate of drug-likeness (QED) is 0.471. The fourth-order valence-corrected chi connectivity index (χ4v) is 3.14. The second-order valence-corrected chi connectivity index (χ2v) is 6.29. The number of H-pyrrole nitrogens is 1. The Morgan fingerprint density at radius 1 is 1.32 bits per heavy atom. The lowest BCUT2D eigenvalue weighted by molar-refractivity contribution is -0.115. The zero-order chi connectivity index (χ0) is 17.8. The molecule has 25 heavy (non-hydrogen) atoms. The van der Waals surface area contributed by atoms with Gasteiger partial charge < -0.3 is 20.6 Å². The van der Waals surface area contributed by atoms with E-state index in [0.29, 0.717) is 11.6 Å². The van der Waals surface area contributed by atoms with E-state index in [1.807, 2.05) is 30.3 Å². The van der Waals surface area contributed by atoms with Crippen LogP contribution in [0, 0.1) is 6.92 Å². The largest absolute Gasteiger partial charge is 0.383 e. The molecule has 128 valence electrons. The van der Waals surface area contributed by atoms with Crippen molar-refractivity contribution in [3.63, 3.8) is 0 Å². The third-order valence-corrected chi connectivity index (χ3v) is 4.33. The number of hydrogen-bond donors (Lipinski definition) is 3. The fourth-order valence-electron chi connectivity index (χ4n) is 2.14. The normalized spacial score (nSPS) is 11.9. The average molecular weight is 357 g/mol. The highest BCUT2D eigenvalue weighted by Gasteiger charge is 2.24. The van der Waals surface area contributed by atoms with Crippen molar-refractivity contribution in [2.24, 2.45) is 0 Å². The molecular weight excluding hydrogens is 342 g/mol. The Bertz CT molecular complexity index is 938. The number of benzene rings is 1. The molecule has 0 unspecified atom stereocenters. The highest BCUT2D eigenvalue weighted by atomic mass is 32.2. The molecule has 0 spiro atoms. The predicted molar refractivity (Wildman–Crippen MR) is 94.2 cm³/mol. The molecule has 4 N–H and O–H groups in total. The number of nitrogen functional groups attached to an aromatic ring is 1. The molecule has 0 fully saturated rings. The zero-order valence-corrected chi connectivity index (χ0v) is 14.0. The summed E-state index contributed by atoms with van der Waals surface area (Å²) in [5.74, 6) is 0.666. The summed E-state index contributed by atoms with van der Waals surface area (Å²) in [6, 6.07) is 11.9. The Balaban J connectivity index is 1.89. The van der Waals surface area contributed by atoms with Crippen LogP contribution in [0.25, 0.3) is 0 Å². The molecule has 0 radical (unpaired) electrons.